The topological polar surface area (TPSA) is 49.9 Å². The van der Waals surface area contributed by atoms with Crippen LogP contribution in [0.15, 0.2) is 66.0 Å². The zero-order chi connectivity index (χ0) is 26.4. The molecular formula is C28H29F3N2O3S. The predicted molar refractivity (Wildman–Crippen MR) is 136 cm³/mol. The third kappa shape index (κ3) is 6.40. The quantitative estimate of drug-likeness (QED) is 0.328. The minimum Gasteiger partial charge on any atom is -0.382 e. The third-order valence-corrected chi connectivity index (χ3v) is 7.39. The second-order valence-electron chi connectivity index (χ2n) is 8.80. The molecule has 3 aromatic rings. The van der Waals surface area contributed by atoms with Crippen LogP contribution in [0.3, 0.4) is 0 Å². The van der Waals surface area contributed by atoms with Crippen LogP contribution in [0.4, 0.5) is 13.2 Å². The Bertz CT molecular complexity index is 1200. The van der Waals surface area contributed by atoms with Crippen LogP contribution in [-0.4, -0.2) is 54.5 Å². The average Bonchev–Trinajstić information content (AvgIpc) is 3.38. The number of benzene rings is 2. The monoisotopic (exact) mass is 530 g/mol. The van der Waals surface area contributed by atoms with E-state index in [1.165, 1.54) is 9.78 Å². The summed E-state index contributed by atoms with van der Waals surface area (Å²) in [5.41, 5.74) is 1.36. The van der Waals surface area contributed by atoms with Crippen LogP contribution in [0.1, 0.15) is 51.3 Å². The minimum atomic E-state index is -4.49. The first kappa shape index (κ1) is 26.9. The van der Waals surface area contributed by atoms with Crippen LogP contribution in [0.25, 0.3) is 0 Å². The van der Waals surface area contributed by atoms with Crippen LogP contribution >= 0.6 is 11.3 Å². The molecule has 9 heteroatoms. The van der Waals surface area contributed by atoms with Crippen molar-refractivity contribution in [1.82, 2.24) is 9.80 Å². The molecule has 0 saturated carbocycles. The Labute approximate surface area is 218 Å². The van der Waals surface area contributed by atoms with Crippen molar-refractivity contribution in [3.8, 4) is 0 Å². The highest BCUT2D eigenvalue weighted by atomic mass is 32.1. The molecule has 0 spiro atoms. The maximum Gasteiger partial charge on any atom is 0.416 e. The van der Waals surface area contributed by atoms with Crippen molar-refractivity contribution in [3.05, 3.63) is 93.2 Å². The van der Waals surface area contributed by atoms with Crippen LogP contribution < -0.4 is 0 Å². The molecule has 0 saturated heterocycles. The van der Waals surface area contributed by atoms with Crippen molar-refractivity contribution in [2.75, 3.05) is 32.8 Å². The molecule has 1 unspecified atom stereocenters. The number of rotatable bonds is 9. The van der Waals surface area contributed by atoms with Crippen molar-refractivity contribution in [2.45, 2.75) is 32.0 Å². The molecular weight excluding hydrogens is 501 g/mol. The van der Waals surface area contributed by atoms with Gasteiger partial charge in [-0.05, 0) is 66.6 Å². The second kappa shape index (κ2) is 11.9. The molecule has 0 fully saturated rings. The summed E-state index contributed by atoms with van der Waals surface area (Å²) >= 11 is 1.68. The van der Waals surface area contributed by atoms with Gasteiger partial charge >= 0.3 is 6.18 Å². The molecule has 1 atom stereocenters. The first-order chi connectivity index (χ1) is 17.8. The van der Waals surface area contributed by atoms with Crippen molar-refractivity contribution >= 4 is 23.2 Å². The molecule has 196 valence electrons. The Morgan fingerprint density at radius 2 is 1.81 bits per heavy atom. The van der Waals surface area contributed by atoms with E-state index in [9.17, 15) is 22.8 Å². The van der Waals surface area contributed by atoms with Gasteiger partial charge in [0.2, 0.25) is 5.91 Å². The van der Waals surface area contributed by atoms with Gasteiger partial charge in [0.15, 0.2) is 0 Å². The van der Waals surface area contributed by atoms with Gasteiger partial charge in [-0.2, -0.15) is 13.2 Å². The highest BCUT2D eigenvalue weighted by Crippen LogP contribution is 2.38. The summed E-state index contributed by atoms with van der Waals surface area (Å²) in [5.74, 6) is -0.689. The summed E-state index contributed by atoms with van der Waals surface area (Å²) in [6.45, 7) is 3.41. The van der Waals surface area contributed by atoms with Gasteiger partial charge in [-0.15, -0.1) is 11.3 Å². The minimum absolute atomic E-state index is 0.107. The Morgan fingerprint density at radius 3 is 2.49 bits per heavy atom. The van der Waals surface area contributed by atoms with Crippen molar-refractivity contribution < 1.29 is 27.5 Å². The fourth-order valence-electron chi connectivity index (χ4n) is 4.57. The number of ether oxygens (including phenoxy) is 1. The van der Waals surface area contributed by atoms with Crippen LogP contribution in [0.2, 0.25) is 0 Å². The van der Waals surface area contributed by atoms with Gasteiger partial charge in [-0.25, -0.2) is 0 Å². The number of halogens is 3. The summed E-state index contributed by atoms with van der Waals surface area (Å²) in [6, 6.07) is 15.7. The molecule has 0 aliphatic carbocycles. The van der Waals surface area contributed by atoms with Gasteiger partial charge in [0.1, 0.15) is 6.54 Å². The molecule has 0 bridgehead atoms. The van der Waals surface area contributed by atoms with E-state index in [-0.39, 0.29) is 30.6 Å². The smallest absolute Gasteiger partial charge is 0.382 e. The zero-order valence-electron chi connectivity index (χ0n) is 20.5. The zero-order valence-corrected chi connectivity index (χ0v) is 21.4. The highest BCUT2D eigenvalue weighted by Gasteiger charge is 2.34. The largest absolute Gasteiger partial charge is 0.416 e. The summed E-state index contributed by atoms with van der Waals surface area (Å²) < 4.78 is 44.4. The number of carbonyl (C=O) groups is 2. The van der Waals surface area contributed by atoms with E-state index in [0.29, 0.717) is 26.2 Å². The van der Waals surface area contributed by atoms with E-state index < -0.39 is 17.6 Å². The summed E-state index contributed by atoms with van der Waals surface area (Å²) in [7, 11) is 0. The highest BCUT2D eigenvalue weighted by molar-refractivity contribution is 7.10. The van der Waals surface area contributed by atoms with Crippen LogP contribution in [-0.2, 0) is 22.1 Å². The third-order valence-electron chi connectivity index (χ3n) is 6.39. The number of alkyl halides is 3. The maximum atomic E-state index is 13.7. The van der Waals surface area contributed by atoms with Crippen molar-refractivity contribution in [3.63, 3.8) is 0 Å². The van der Waals surface area contributed by atoms with Crippen molar-refractivity contribution in [1.29, 1.82) is 0 Å². The van der Waals surface area contributed by atoms with Crippen molar-refractivity contribution in [2.24, 2.45) is 0 Å². The molecule has 1 aromatic heterocycles. The summed E-state index contributed by atoms with van der Waals surface area (Å²) in [6.07, 6.45) is -3.25. The Kier molecular flexibility index (Phi) is 8.66. The molecule has 0 radical (unpaired) electrons. The molecule has 5 nitrogen and oxygen atoms in total. The number of amides is 2. The Balaban J connectivity index is 1.57. The number of nitrogens with zero attached hydrogens (tertiary/aromatic N) is 2. The van der Waals surface area contributed by atoms with E-state index >= 15 is 0 Å². The van der Waals surface area contributed by atoms with Crippen LogP contribution in [0, 0.1) is 0 Å². The SMILES string of the molecule is CCOCCCN(CC(=O)N1CCc2sccc2C1c1ccccc1)C(=O)c1ccc(C(F)(F)F)cc1. The lowest BCUT2D eigenvalue weighted by Gasteiger charge is -2.37. The van der Waals surface area contributed by atoms with Gasteiger partial charge in [0.25, 0.3) is 5.91 Å². The molecule has 2 aromatic carbocycles. The predicted octanol–water partition coefficient (Wildman–Crippen LogP) is 5.81. The Hall–Kier alpha value is -3.17. The molecule has 1 aliphatic heterocycles. The average molecular weight is 531 g/mol. The molecule has 37 heavy (non-hydrogen) atoms. The van der Waals surface area contributed by atoms with Gasteiger partial charge in [-0.1, -0.05) is 30.3 Å². The molecule has 1 aliphatic rings. The first-order valence-corrected chi connectivity index (χ1v) is 13.1. The van der Waals surface area contributed by atoms with Gasteiger partial charge < -0.3 is 14.5 Å². The van der Waals surface area contributed by atoms with Gasteiger partial charge in [-0.3, -0.25) is 9.59 Å². The summed E-state index contributed by atoms with van der Waals surface area (Å²) in [4.78, 5) is 31.5. The van der Waals surface area contributed by atoms with E-state index in [2.05, 4.69) is 0 Å². The fourth-order valence-corrected chi connectivity index (χ4v) is 5.48. The number of fused-ring (bicyclic) bond motifs is 1. The number of hydrogen-bond donors (Lipinski definition) is 0. The Morgan fingerprint density at radius 1 is 1.08 bits per heavy atom. The van der Waals surface area contributed by atoms with E-state index in [0.717, 1.165) is 41.8 Å². The number of carbonyl (C=O) groups excluding carboxylic acids is 2. The molecule has 2 heterocycles. The van der Waals surface area contributed by atoms with Gasteiger partial charge in [0.05, 0.1) is 11.6 Å². The van der Waals surface area contributed by atoms with Gasteiger partial charge in [0, 0.05) is 36.7 Å². The van der Waals surface area contributed by atoms with E-state index in [1.54, 1.807) is 16.2 Å². The van der Waals surface area contributed by atoms with Crippen LogP contribution in [0.5, 0.6) is 0 Å². The summed E-state index contributed by atoms with van der Waals surface area (Å²) in [5, 5.41) is 2.03. The number of thiophene rings is 1. The van der Waals surface area contributed by atoms with E-state index in [4.69, 9.17) is 4.74 Å². The first-order valence-electron chi connectivity index (χ1n) is 12.2. The number of hydrogen-bond acceptors (Lipinski definition) is 4. The fraction of sp³-hybridized carbons (Fsp3) is 0.357. The molecule has 4 rings (SSSR count). The maximum absolute atomic E-state index is 13.7. The standard InChI is InChI=1S/C28H29F3N2O3S/c1-2-36-17-6-15-32(27(35)21-9-11-22(12-10-21)28(29,30)31)19-25(34)33-16-13-24-23(14-18-37-24)26(33)20-7-4-3-5-8-20/h3-5,7-12,14,18,26H,2,6,13,15-17,19H2,1H3. The second-order valence-corrected chi connectivity index (χ2v) is 9.80. The lowest BCUT2D eigenvalue weighted by molar-refractivity contribution is -0.137. The lowest BCUT2D eigenvalue weighted by atomic mass is 9.93. The normalized spacial score (nSPS) is 15.4. The molecule has 0 N–H and O–H groups in total. The lowest BCUT2D eigenvalue weighted by Crippen LogP contribution is -2.47. The molecule has 2 amide bonds. The van der Waals surface area contributed by atoms with E-state index in [1.807, 2.05) is 48.7 Å².